The molecule has 0 atom stereocenters. The van der Waals surface area contributed by atoms with E-state index in [1.165, 1.54) is 17.3 Å². The molecule has 0 aliphatic carbocycles. The quantitative estimate of drug-likeness (QED) is 0.263. The zero-order valence-electron chi connectivity index (χ0n) is 17.2. The lowest BCUT2D eigenvalue weighted by Gasteiger charge is -2.19. The van der Waals surface area contributed by atoms with Crippen molar-refractivity contribution in [1.29, 1.82) is 0 Å². The third kappa shape index (κ3) is 4.03. The second-order valence-corrected chi connectivity index (χ2v) is 11.7. The molecule has 156 valence electrons. The minimum absolute atomic E-state index is 0.0974. The van der Waals surface area contributed by atoms with Gasteiger partial charge in [0.15, 0.2) is 10.2 Å². The number of halogens is 1. The molecule has 4 nitrogen and oxygen atoms in total. The van der Waals surface area contributed by atoms with Crippen LogP contribution in [0.2, 0.25) is 5.02 Å². The predicted molar refractivity (Wildman–Crippen MR) is 132 cm³/mol. The van der Waals surface area contributed by atoms with Crippen LogP contribution in [0.1, 0.15) is 26.3 Å². The van der Waals surface area contributed by atoms with E-state index in [1.54, 1.807) is 22.7 Å². The number of fused-ring (bicyclic) bond motifs is 1. The molecule has 0 saturated heterocycles. The van der Waals surface area contributed by atoms with E-state index in [-0.39, 0.29) is 5.41 Å². The Hall–Kier alpha value is -2.19. The van der Waals surface area contributed by atoms with Crippen molar-refractivity contribution in [3.05, 3.63) is 70.6 Å². The van der Waals surface area contributed by atoms with Crippen LogP contribution >= 0.6 is 46.0 Å². The van der Waals surface area contributed by atoms with E-state index < -0.39 is 0 Å². The maximum absolute atomic E-state index is 6.33. The predicted octanol–water partition coefficient (Wildman–Crippen LogP) is 7.71. The number of hydrogen-bond acceptors (Lipinski definition) is 6. The molecule has 0 aliphatic heterocycles. The summed E-state index contributed by atoms with van der Waals surface area (Å²) in [4.78, 5) is 5.81. The monoisotopic (exact) mass is 482 g/mol. The molecule has 3 aromatic heterocycles. The van der Waals surface area contributed by atoms with Crippen molar-refractivity contribution in [2.75, 3.05) is 0 Å². The molecular weight excluding hydrogens is 464 g/mol. The summed E-state index contributed by atoms with van der Waals surface area (Å²) >= 11 is 11.1. The van der Waals surface area contributed by atoms with Crippen molar-refractivity contribution in [2.24, 2.45) is 0 Å². The van der Waals surface area contributed by atoms with Gasteiger partial charge >= 0.3 is 0 Å². The van der Waals surface area contributed by atoms with Crippen LogP contribution in [0, 0.1) is 0 Å². The van der Waals surface area contributed by atoms with Crippen molar-refractivity contribution in [3.8, 4) is 16.4 Å². The van der Waals surface area contributed by atoms with E-state index in [4.69, 9.17) is 16.6 Å². The number of rotatable bonds is 4. The van der Waals surface area contributed by atoms with Gasteiger partial charge in [-0.2, -0.15) is 0 Å². The number of hydrogen-bond donors (Lipinski definition) is 0. The molecule has 0 radical (unpaired) electrons. The fraction of sp³-hybridized carbons (Fsp3) is 0.174. The minimum Gasteiger partial charge on any atom is -0.269 e. The minimum atomic E-state index is 0.0974. The summed E-state index contributed by atoms with van der Waals surface area (Å²) < 4.78 is 4.06. The van der Waals surface area contributed by atoms with Crippen molar-refractivity contribution in [3.63, 3.8) is 0 Å². The molecule has 0 amide bonds. The third-order valence-corrected chi connectivity index (χ3v) is 8.09. The molecule has 3 heterocycles. The van der Waals surface area contributed by atoms with Crippen LogP contribution in [0.4, 0.5) is 0 Å². The zero-order valence-corrected chi connectivity index (χ0v) is 20.4. The summed E-state index contributed by atoms with van der Waals surface area (Å²) in [7, 11) is 0. The Balaban J connectivity index is 1.60. The van der Waals surface area contributed by atoms with Crippen LogP contribution in [0.25, 0.3) is 26.6 Å². The normalized spacial score (nSPS) is 12.0. The largest absolute Gasteiger partial charge is 0.269 e. The number of para-hydroxylation sites is 1. The maximum atomic E-state index is 6.33. The molecule has 0 N–H and O–H groups in total. The van der Waals surface area contributed by atoms with E-state index in [9.17, 15) is 0 Å². The second kappa shape index (κ2) is 8.06. The summed E-state index contributed by atoms with van der Waals surface area (Å²) in [5, 5.41) is 12.6. The molecule has 0 fully saturated rings. The van der Waals surface area contributed by atoms with E-state index in [0.29, 0.717) is 5.02 Å². The van der Waals surface area contributed by atoms with Crippen molar-refractivity contribution in [2.45, 2.75) is 35.7 Å². The number of thiophene rings is 1. The maximum Gasteiger partial charge on any atom is 0.203 e. The summed E-state index contributed by atoms with van der Waals surface area (Å²) in [6.45, 7) is 6.66. The second-order valence-electron chi connectivity index (χ2n) is 8.08. The molecule has 5 aromatic rings. The smallest absolute Gasteiger partial charge is 0.203 e. The standard InChI is InChI=1S/C23H19ClN4S3/c1-23(2,3)14-9-11-15(12-10-14)28-20(18-8-5-13-29-18)26-27-21(28)31-22-25-19-16(24)6-4-7-17(19)30-22/h4-13H,1-3H3. The Morgan fingerprint density at radius 3 is 2.45 bits per heavy atom. The molecule has 0 bridgehead atoms. The van der Waals surface area contributed by atoms with Gasteiger partial charge in [0, 0.05) is 5.69 Å². The van der Waals surface area contributed by atoms with Gasteiger partial charge in [-0.1, -0.05) is 56.6 Å². The van der Waals surface area contributed by atoms with E-state index in [2.05, 4.69) is 71.2 Å². The van der Waals surface area contributed by atoms with Gasteiger partial charge in [-0.15, -0.1) is 32.9 Å². The first-order chi connectivity index (χ1) is 14.9. The topological polar surface area (TPSA) is 43.6 Å². The molecule has 0 spiro atoms. The van der Waals surface area contributed by atoms with Crippen molar-refractivity contribution >= 4 is 56.3 Å². The lowest BCUT2D eigenvalue weighted by molar-refractivity contribution is 0.590. The molecule has 0 saturated carbocycles. The highest BCUT2D eigenvalue weighted by molar-refractivity contribution is 8.01. The lowest BCUT2D eigenvalue weighted by Crippen LogP contribution is -2.11. The van der Waals surface area contributed by atoms with Gasteiger partial charge in [-0.3, -0.25) is 4.57 Å². The van der Waals surface area contributed by atoms with E-state index in [1.807, 2.05) is 24.3 Å². The van der Waals surface area contributed by atoms with Gasteiger partial charge in [0.1, 0.15) is 5.52 Å². The van der Waals surface area contributed by atoms with Crippen molar-refractivity contribution in [1.82, 2.24) is 19.7 Å². The van der Waals surface area contributed by atoms with Crippen LogP contribution in [0.3, 0.4) is 0 Å². The fourth-order valence-corrected chi connectivity index (χ4v) is 6.27. The summed E-state index contributed by atoms with van der Waals surface area (Å²) in [6.07, 6.45) is 0. The molecule has 31 heavy (non-hydrogen) atoms. The van der Waals surface area contributed by atoms with Gasteiger partial charge in [-0.05, 0) is 58.5 Å². The highest BCUT2D eigenvalue weighted by Crippen LogP contribution is 2.38. The summed E-state index contributed by atoms with van der Waals surface area (Å²) in [5.41, 5.74) is 3.25. The average Bonchev–Trinajstić information content (AvgIpc) is 3.47. The fourth-order valence-electron chi connectivity index (χ4n) is 3.26. The van der Waals surface area contributed by atoms with Crippen LogP contribution in [-0.4, -0.2) is 19.7 Å². The Morgan fingerprint density at radius 2 is 1.77 bits per heavy atom. The molecule has 0 unspecified atom stereocenters. The van der Waals surface area contributed by atoms with Gasteiger partial charge in [0.25, 0.3) is 0 Å². The number of benzene rings is 2. The Morgan fingerprint density at radius 1 is 0.968 bits per heavy atom. The van der Waals surface area contributed by atoms with Crippen LogP contribution in [-0.2, 0) is 5.41 Å². The number of thiazole rings is 1. The van der Waals surface area contributed by atoms with Crippen LogP contribution in [0.15, 0.2) is 69.5 Å². The lowest BCUT2D eigenvalue weighted by atomic mass is 9.87. The molecular formula is C23H19ClN4S3. The molecule has 0 aliphatic rings. The number of aromatic nitrogens is 4. The van der Waals surface area contributed by atoms with Crippen LogP contribution in [0.5, 0.6) is 0 Å². The van der Waals surface area contributed by atoms with Gasteiger partial charge < -0.3 is 0 Å². The first-order valence-corrected chi connectivity index (χ1v) is 12.6. The highest BCUT2D eigenvalue weighted by Gasteiger charge is 2.20. The number of nitrogens with zero attached hydrogens (tertiary/aromatic N) is 4. The SMILES string of the molecule is CC(C)(C)c1ccc(-n2c(Sc3nc4c(Cl)cccc4s3)nnc2-c2cccs2)cc1. The first-order valence-electron chi connectivity index (χ1n) is 9.73. The third-order valence-electron chi connectivity index (χ3n) is 4.90. The first kappa shape index (κ1) is 20.7. The van der Waals surface area contributed by atoms with Crippen molar-refractivity contribution < 1.29 is 0 Å². The Bertz CT molecular complexity index is 1350. The summed E-state index contributed by atoms with van der Waals surface area (Å²) in [5.74, 6) is 0.833. The van der Waals surface area contributed by atoms with Gasteiger partial charge in [-0.25, -0.2) is 4.98 Å². The molecule has 5 rings (SSSR count). The summed E-state index contributed by atoms with van der Waals surface area (Å²) in [6, 6.07) is 18.6. The van der Waals surface area contributed by atoms with Gasteiger partial charge in [0.05, 0.1) is 14.6 Å². The Kier molecular flexibility index (Phi) is 5.38. The molecule has 2 aromatic carbocycles. The van der Waals surface area contributed by atoms with E-state index >= 15 is 0 Å². The van der Waals surface area contributed by atoms with Crippen LogP contribution < -0.4 is 0 Å². The van der Waals surface area contributed by atoms with E-state index in [0.717, 1.165) is 36.1 Å². The Labute approximate surface area is 197 Å². The highest BCUT2D eigenvalue weighted by atomic mass is 35.5. The van der Waals surface area contributed by atoms with Gasteiger partial charge in [0.2, 0.25) is 5.16 Å². The zero-order chi connectivity index (χ0) is 21.6. The molecule has 8 heteroatoms. The average molecular weight is 483 g/mol.